The maximum atomic E-state index is 12.1. The summed E-state index contributed by atoms with van der Waals surface area (Å²) in [7, 11) is 2.77. The van der Waals surface area contributed by atoms with Crippen molar-refractivity contribution in [3.8, 4) is 17.2 Å². The van der Waals surface area contributed by atoms with Crippen LogP contribution in [0.1, 0.15) is 15.9 Å². The molecule has 0 spiro atoms. The SMILES string of the molecule is COc1cc(C(=O)N/N=C\c2cc(OC)c(O)c([N+](=O)[O-])c2)ccc1I. The number of carbonyl (C=O) groups is 1. The molecule has 2 rings (SSSR count). The Balaban J connectivity index is 2.19. The van der Waals surface area contributed by atoms with Crippen LogP contribution >= 0.6 is 22.6 Å². The van der Waals surface area contributed by atoms with E-state index in [1.54, 1.807) is 18.2 Å². The summed E-state index contributed by atoms with van der Waals surface area (Å²) in [6.45, 7) is 0. The average Bonchev–Trinajstić information content (AvgIpc) is 2.62. The third-order valence-electron chi connectivity index (χ3n) is 3.29. The Morgan fingerprint density at radius 3 is 2.58 bits per heavy atom. The number of amides is 1. The van der Waals surface area contributed by atoms with Gasteiger partial charge in [-0.1, -0.05) is 0 Å². The highest BCUT2D eigenvalue weighted by Crippen LogP contribution is 2.36. The Morgan fingerprint density at radius 1 is 1.27 bits per heavy atom. The highest BCUT2D eigenvalue weighted by atomic mass is 127. The number of phenolic OH excluding ortho intramolecular Hbond substituents is 1. The monoisotopic (exact) mass is 471 g/mol. The number of hydrogen-bond acceptors (Lipinski definition) is 7. The van der Waals surface area contributed by atoms with E-state index in [1.807, 2.05) is 0 Å². The minimum atomic E-state index is -0.744. The van der Waals surface area contributed by atoms with Crippen LogP contribution in [0.25, 0.3) is 0 Å². The van der Waals surface area contributed by atoms with E-state index in [4.69, 9.17) is 9.47 Å². The molecule has 0 saturated carbocycles. The van der Waals surface area contributed by atoms with Gasteiger partial charge in [-0.05, 0) is 46.9 Å². The second-order valence-corrected chi connectivity index (χ2v) is 6.06. The van der Waals surface area contributed by atoms with Gasteiger partial charge in [0, 0.05) is 17.2 Å². The van der Waals surface area contributed by atoms with Gasteiger partial charge in [0.1, 0.15) is 5.75 Å². The lowest BCUT2D eigenvalue weighted by Gasteiger charge is -2.06. The number of carbonyl (C=O) groups excluding carboxylic acids is 1. The Labute approximate surface area is 161 Å². The lowest BCUT2D eigenvalue weighted by atomic mass is 10.2. The molecular formula is C16H14IN3O6. The molecule has 0 heterocycles. The van der Waals surface area contributed by atoms with Crippen LogP contribution in [-0.2, 0) is 0 Å². The molecule has 0 radical (unpaired) electrons. The van der Waals surface area contributed by atoms with Crippen LogP contribution in [0.2, 0.25) is 0 Å². The first-order valence-electron chi connectivity index (χ1n) is 7.09. The highest BCUT2D eigenvalue weighted by Gasteiger charge is 2.19. The first kappa shape index (κ1) is 19.4. The molecule has 0 aliphatic rings. The Hall–Kier alpha value is -2.89. The summed E-state index contributed by atoms with van der Waals surface area (Å²) < 4.78 is 10.9. The van der Waals surface area contributed by atoms with Crippen LogP contribution in [0.5, 0.6) is 17.2 Å². The molecule has 26 heavy (non-hydrogen) atoms. The minimum absolute atomic E-state index is 0.0747. The maximum Gasteiger partial charge on any atom is 0.315 e. The molecule has 2 N–H and O–H groups in total. The number of nitrogens with zero attached hydrogens (tertiary/aromatic N) is 2. The number of rotatable bonds is 6. The van der Waals surface area contributed by atoms with Gasteiger partial charge in [-0.2, -0.15) is 5.10 Å². The first-order valence-corrected chi connectivity index (χ1v) is 8.17. The summed E-state index contributed by atoms with van der Waals surface area (Å²) in [5, 5.41) is 24.5. The van der Waals surface area contributed by atoms with Crippen molar-refractivity contribution in [2.24, 2.45) is 5.10 Å². The van der Waals surface area contributed by atoms with E-state index >= 15 is 0 Å². The number of nitro groups is 1. The zero-order valence-corrected chi connectivity index (χ0v) is 15.9. The second-order valence-electron chi connectivity index (χ2n) is 4.90. The third kappa shape index (κ3) is 4.39. The molecule has 10 heteroatoms. The summed E-state index contributed by atoms with van der Waals surface area (Å²) in [6, 6.07) is 7.38. The van der Waals surface area contributed by atoms with Gasteiger partial charge in [0.25, 0.3) is 5.91 Å². The fourth-order valence-electron chi connectivity index (χ4n) is 2.01. The molecule has 1 amide bonds. The van der Waals surface area contributed by atoms with E-state index in [0.717, 1.165) is 9.64 Å². The lowest BCUT2D eigenvalue weighted by Crippen LogP contribution is -2.17. The van der Waals surface area contributed by atoms with Crippen LogP contribution in [0.4, 0.5) is 5.69 Å². The van der Waals surface area contributed by atoms with E-state index in [1.165, 1.54) is 26.5 Å². The molecular weight excluding hydrogens is 457 g/mol. The number of aromatic hydroxyl groups is 1. The highest BCUT2D eigenvalue weighted by molar-refractivity contribution is 14.1. The van der Waals surface area contributed by atoms with Crippen LogP contribution in [-0.4, -0.2) is 36.4 Å². The second kappa shape index (κ2) is 8.47. The van der Waals surface area contributed by atoms with Gasteiger partial charge in [-0.3, -0.25) is 14.9 Å². The molecule has 0 saturated heterocycles. The predicted molar refractivity (Wildman–Crippen MR) is 102 cm³/mol. The number of nitrogens with one attached hydrogen (secondary N) is 1. The fourth-order valence-corrected chi connectivity index (χ4v) is 2.57. The van der Waals surface area contributed by atoms with Crippen molar-refractivity contribution in [3.05, 3.63) is 55.1 Å². The van der Waals surface area contributed by atoms with Crippen LogP contribution in [0.3, 0.4) is 0 Å². The van der Waals surface area contributed by atoms with E-state index in [2.05, 4.69) is 33.1 Å². The van der Waals surface area contributed by atoms with Crippen molar-refractivity contribution in [1.29, 1.82) is 0 Å². The number of phenols is 1. The summed E-state index contributed by atoms with van der Waals surface area (Å²) in [5.41, 5.74) is 2.40. The number of methoxy groups -OCH3 is 2. The summed E-state index contributed by atoms with van der Waals surface area (Å²) >= 11 is 2.08. The zero-order chi connectivity index (χ0) is 19.3. The molecule has 136 valence electrons. The van der Waals surface area contributed by atoms with Gasteiger partial charge >= 0.3 is 5.69 Å². The molecule has 9 nitrogen and oxygen atoms in total. The molecule has 0 unspecified atom stereocenters. The summed E-state index contributed by atoms with van der Waals surface area (Å²) in [5.74, 6) is -0.573. The number of hydrogen-bond donors (Lipinski definition) is 2. The van der Waals surface area contributed by atoms with Crippen molar-refractivity contribution >= 4 is 40.4 Å². The van der Waals surface area contributed by atoms with Crippen molar-refractivity contribution in [3.63, 3.8) is 0 Å². The molecule has 2 aromatic rings. The molecule has 2 aromatic carbocycles. The number of hydrazone groups is 1. The summed E-state index contributed by atoms with van der Waals surface area (Å²) in [6.07, 6.45) is 1.21. The average molecular weight is 471 g/mol. The van der Waals surface area contributed by atoms with Gasteiger partial charge in [0.2, 0.25) is 5.75 Å². The predicted octanol–water partition coefficient (Wildman–Crippen LogP) is 2.69. The number of nitro benzene ring substituents is 1. The van der Waals surface area contributed by atoms with Crippen LogP contribution in [0, 0.1) is 13.7 Å². The van der Waals surface area contributed by atoms with E-state index in [-0.39, 0.29) is 11.3 Å². The molecule has 0 bridgehead atoms. The van der Waals surface area contributed by atoms with E-state index in [9.17, 15) is 20.0 Å². The standard InChI is InChI=1S/C16H14IN3O6/c1-25-13-7-10(3-4-11(13)17)16(22)19-18-8-9-5-12(20(23)24)15(21)14(6-9)26-2/h3-8,21H,1-2H3,(H,19,22)/b18-8-. The van der Waals surface area contributed by atoms with Crippen LogP contribution in [0.15, 0.2) is 35.4 Å². The molecule has 0 aliphatic heterocycles. The Kier molecular flexibility index (Phi) is 6.33. The fraction of sp³-hybridized carbons (Fsp3) is 0.125. The van der Waals surface area contributed by atoms with Crippen molar-refractivity contribution in [2.45, 2.75) is 0 Å². The van der Waals surface area contributed by atoms with E-state index < -0.39 is 22.3 Å². The van der Waals surface area contributed by atoms with Crippen molar-refractivity contribution in [2.75, 3.05) is 14.2 Å². The third-order valence-corrected chi connectivity index (χ3v) is 4.18. The normalized spacial score (nSPS) is 10.6. The van der Waals surface area contributed by atoms with Gasteiger partial charge in [-0.25, -0.2) is 5.43 Å². The first-order chi connectivity index (χ1) is 12.4. The smallest absolute Gasteiger partial charge is 0.315 e. The van der Waals surface area contributed by atoms with Crippen molar-refractivity contribution < 1.29 is 24.3 Å². The number of halogens is 1. The minimum Gasteiger partial charge on any atom is -0.500 e. The quantitative estimate of drug-likeness (QED) is 0.289. The molecule has 0 aromatic heterocycles. The van der Waals surface area contributed by atoms with Crippen molar-refractivity contribution in [1.82, 2.24) is 5.43 Å². The van der Waals surface area contributed by atoms with Gasteiger partial charge in [-0.15, -0.1) is 0 Å². The molecule has 0 aliphatic carbocycles. The largest absolute Gasteiger partial charge is 0.500 e. The number of ether oxygens (including phenoxy) is 2. The summed E-state index contributed by atoms with van der Waals surface area (Å²) in [4.78, 5) is 22.3. The van der Waals surface area contributed by atoms with Crippen LogP contribution < -0.4 is 14.9 Å². The Bertz CT molecular complexity index is 885. The molecule has 0 atom stereocenters. The topological polar surface area (TPSA) is 123 Å². The van der Waals surface area contributed by atoms with Gasteiger partial charge in [0.15, 0.2) is 5.75 Å². The zero-order valence-electron chi connectivity index (χ0n) is 13.7. The molecule has 0 fully saturated rings. The Morgan fingerprint density at radius 2 is 1.96 bits per heavy atom. The van der Waals surface area contributed by atoms with E-state index in [0.29, 0.717) is 11.3 Å². The lowest BCUT2D eigenvalue weighted by molar-refractivity contribution is -0.386. The van der Waals surface area contributed by atoms with Gasteiger partial charge < -0.3 is 14.6 Å². The van der Waals surface area contributed by atoms with Gasteiger partial charge in [0.05, 0.1) is 28.9 Å². The number of benzene rings is 2. The maximum absolute atomic E-state index is 12.1.